The summed E-state index contributed by atoms with van der Waals surface area (Å²) in [5, 5.41) is 5.32. The maximum absolute atomic E-state index is 14.8. The number of alkyl halides is 2. The summed E-state index contributed by atoms with van der Waals surface area (Å²) in [5.41, 5.74) is 4.15. The zero-order chi connectivity index (χ0) is 31.5. The van der Waals surface area contributed by atoms with E-state index in [0.29, 0.717) is 12.2 Å². The van der Waals surface area contributed by atoms with E-state index in [1.54, 1.807) is 39.4 Å². The van der Waals surface area contributed by atoms with E-state index >= 15 is 0 Å². The summed E-state index contributed by atoms with van der Waals surface area (Å²) in [5.74, 6) is -3.46. The van der Waals surface area contributed by atoms with Crippen LogP contribution in [0.3, 0.4) is 0 Å². The minimum absolute atomic E-state index is 0.0709. The highest BCUT2D eigenvalue weighted by molar-refractivity contribution is 6.03. The zero-order valence-electron chi connectivity index (χ0n) is 25.2. The Kier molecular flexibility index (Phi) is 8.78. The van der Waals surface area contributed by atoms with Crippen LogP contribution in [-0.2, 0) is 11.3 Å². The number of imidazole rings is 1. The molecule has 2 aromatic carbocycles. The van der Waals surface area contributed by atoms with Gasteiger partial charge >= 0.3 is 6.09 Å². The molecule has 0 unspecified atom stereocenters. The summed E-state index contributed by atoms with van der Waals surface area (Å²) in [6.45, 7) is 7.29. The smallest absolute Gasteiger partial charge is 0.408 e. The topological polar surface area (TPSA) is 101 Å². The van der Waals surface area contributed by atoms with E-state index in [9.17, 15) is 18.4 Å². The number of hydrogen-bond donors (Lipinski definition) is 2. The Bertz CT molecular complexity index is 1630. The van der Waals surface area contributed by atoms with Crippen LogP contribution < -0.4 is 10.6 Å². The van der Waals surface area contributed by atoms with Gasteiger partial charge in [0.15, 0.2) is 0 Å². The zero-order valence-corrected chi connectivity index (χ0v) is 25.2. The summed E-state index contributed by atoms with van der Waals surface area (Å²) in [4.78, 5) is 36.1. The SMILES string of the molecule is Cc1cn(-c2cc(CN3CCC(F)(F)[C@H](NC(=O)OC(C)(C)C)C3)cc(NC(=O)c3cc(-c4ccccc4)ccn3)c2)cn1. The van der Waals surface area contributed by atoms with Crippen molar-refractivity contribution in [3.63, 3.8) is 0 Å². The lowest BCUT2D eigenvalue weighted by Gasteiger charge is -2.38. The predicted octanol–water partition coefficient (Wildman–Crippen LogP) is 6.23. The molecular weight excluding hydrogens is 566 g/mol. The van der Waals surface area contributed by atoms with E-state index in [1.165, 1.54) is 0 Å². The van der Waals surface area contributed by atoms with Crippen molar-refractivity contribution in [2.24, 2.45) is 0 Å². The van der Waals surface area contributed by atoms with Crippen molar-refractivity contribution in [2.45, 2.75) is 58.2 Å². The van der Waals surface area contributed by atoms with Crippen LogP contribution in [0.15, 0.2) is 79.4 Å². The molecule has 1 aliphatic rings. The van der Waals surface area contributed by atoms with Crippen molar-refractivity contribution < 1.29 is 23.1 Å². The molecule has 1 atom stereocenters. The van der Waals surface area contributed by atoms with Crippen molar-refractivity contribution in [1.82, 2.24) is 24.8 Å². The van der Waals surface area contributed by atoms with Crippen LogP contribution in [0, 0.1) is 6.92 Å². The number of ether oxygens (including phenoxy) is 1. The van der Waals surface area contributed by atoms with E-state index in [1.807, 2.05) is 77.2 Å². The number of likely N-dealkylation sites (tertiary alicyclic amines) is 1. The fourth-order valence-corrected chi connectivity index (χ4v) is 5.08. The molecule has 1 saturated heterocycles. The first-order valence-electron chi connectivity index (χ1n) is 14.4. The van der Waals surface area contributed by atoms with Crippen molar-refractivity contribution >= 4 is 17.7 Å². The maximum Gasteiger partial charge on any atom is 0.408 e. The van der Waals surface area contributed by atoms with Crippen LogP contribution >= 0.6 is 0 Å². The molecule has 3 heterocycles. The second-order valence-electron chi connectivity index (χ2n) is 12.0. The quantitative estimate of drug-likeness (QED) is 0.260. The second-order valence-corrected chi connectivity index (χ2v) is 12.0. The number of carbonyl (C=O) groups excluding carboxylic acids is 2. The van der Waals surface area contributed by atoms with Gasteiger partial charge in [-0.15, -0.1) is 0 Å². The number of nitrogens with zero attached hydrogens (tertiary/aromatic N) is 4. The number of halogens is 2. The molecule has 2 amide bonds. The molecule has 4 aromatic rings. The van der Waals surface area contributed by atoms with Crippen molar-refractivity contribution in [3.05, 3.63) is 96.3 Å². The number of nitrogens with one attached hydrogen (secondary N) is 2. The van der Waals surface area contributed by atoms with Crippen LogP contribution in [-0.4, -0.2) is 62.1 Å². The number of amides is 2. The first-order chi connectivity index (χ1) is 20.8. The van der Waals surface area contributed by atoms with E-state index < -0.39 is 30.1 Å². The number of piperidine rings is 1. The van der Waals surface area contributed by atoms with Crippen LogP contribution in [0.4, 0.5) is 19.3 Å². The first-order valence-corrected chi connectivity index (χ1v) is 14.4. The number of aromatic nitrogens is 3. The van der Waals surface area contributed by atoms with Gasteiger partial charge in [-0.3, -0.25) is 14.7 Å². The highest BCUT2D eigenvalue weighted by Gasteiger charge is 2.45. The fourth-order valence-electron chi connectivity index (χ4n) is 5.08. The van der Waals surface area contributed by atoms with Gasteiger partial charge in [-0.25, -0.2) is 18.6 Å². The minimum Gasteiger partial charge on any atom is -0.444 e. The minimum atomic E-state index is -3.08. The molecule has 9 nitrogen and oxygen atoms in total. The first kappa shape index (κ1) is 30.8. The highest BCUT2D eigenvalue weighted by atomic mass is 19.3. The number of pyridine rings is 1. The Morgan fingerprint density at radius 3 is 2.52 bits per heavy atom. The van der Waals surface area contributed by atoms with Crippen molar-refractivity contribution in [3.8, 4) is 16.8 Å². The Labute approximate surface area is 255 Å². The highest BCUT2D eigenvalue weighted by Crippen LogP contribution is 2.30. The Hall–Kier alpha value is -4.64. The molecule has 5 rings (SSSR count). The molecular formula is C33H36F2N6O3. The van der Waals surface area contributed by atoms with Gasteiger partial charge in [-0.2, -0.15) is 0 Å². The van der Waals surface area contributed by atoms with Gasteiger partial charge in [-0.1, -0.05) is 30.3 Å². The number of alkyl carbamates (subject to hydrolysis) is 1. The molecule has 1 fully saturated rings. The molecule has 2 aromatic heterocycles. The standard InChI is InChI=1S/C33H36F2N6O3/c1-22-18-41(21-37-22)27-15-23(19-40-13-11-33(34,35)29(20-40)39-31(43)44-32(2,3)4)14-26(17-27)38-30(42)28-16-25(10-12-36-28)24-8-6-5-7-9-24/h5-10,12,14-18,21,29H,11,13,19-20H2,1-4H3,(H,38,42)(H,39,43)/t29-/m1/s1. The van der Waals surface area contributed by atoms with E-state index in [0.717, 1.165) is 28.1 Å². The summed E-state index contributed by atoms with van der Waals surface area (Å²) >= 11 is 0. The van der Waals surface area contributed by atoms with Gasteiger partial charge in [0.25, 0.3) is 11.8 Å². The summed E-state index contributed by atoms with van der Waals surface area (Å²) in [6.07, 6.45) is 3.84. The maximum atomic E-state index is 14.8. The van der Waals surface area contributed by atoms with Gasteiger partial charge < -0.3 is 19.9 Å². The number of aryl methyl sites for hydroxylation is 1. The molecule has 44 heavy (non-hydrogen) atoms. The lowest BCUT2D eigenvalue weighted by atomic mass is 10.00. The van der Waals surface area contributed by atoms with Gasteiger partial charge in [0.2, 0.25) is 0 Å². The number of benzene rings is 2. The Morgan fingerprint density at radius 2 is 1.82 bits per heavy atom. The largest absolute Gasteiger partial charge is 0.444 e. The van der Waals surface area contributed by atoms with Crippen LogP contribution in [0.1, 0.15) is 48.9 Å². The molecule has 1 aliphatic heterocycles. The Balaban J connectivity index is 1.37. The average Bonchev–Trinajstić information content (AvgIpc) is 3.41. The second kappa shape index (κ2) is 12.5. The molecule has 11 heteroatoms. The Morgan fingerprint density at radius 1 is 1.05 bits per heavy atom. The normalized spacial score (nSPS) is 16.7. The lowest BCUT2D eigenvalue weighted by Crippen LogP contribution is -2.58. The molecule has 0 bridgehead atoms. The third kappa shape index (κ3) is 7.84. The number of hydrogen-bond acceptors (Lipinski definition) is 6. The third-order valence-electron chi connectivity index (χ3n) is 7.15. The number of carbonyl (C=O) groups is 2. The van der Waals surface area contributed by atoms with Gasteiger partial charge in [-0.05, 0) is 74.7 Å². The molecule has 0 radical (unpaired) electrons. The van der Waals surface area contributed by atoms with Crippen molar-refractivity contribution in [2.75, 3.05) is 18.4 Å². The van der Waals surface area contributed by atoms with Crippen LogP contribution in [0.25, 0.3) is 16.8 Å². The summed E-state index contributed by atoms with van der Waals surface area (Å²) in [7, 11) is 0. The van der Waals surface area contributed by atoms with Crippen LogP contribution in [0.2, 0.25) is 0 Å². The molecule has 0 spiro atoms. The lowest BCUT2D eigenvalue weighted by molar-refractivity contribution is -0.0859. The van der Waals surface area contributed by atoms with Crippen LogP contribution in [0.5, 0.6) is 0 Å². The summed E-state index contributed by atoms with van der Waals surface area (Å²) < 4.78 is 36.7. The third-order valence-corrected chi connectivity index (χ3v) is 7.15. The predicted molar refractivity (Wildman–Crippen MR) is 164 cm³/mol. The monoisotopic (exact) mass is 602 g/mol. The van der Waals surface area contributed by atoms with Crippen molar-refractivity contribution in [1.29, 1.82) is 0 Å². The van der Waals surface area contributed by atoms with Gasteiger partial charge in [0, 0.05) is 49.8 Å². The van der Waals surface area contributed by atoms with E-state index in [4.69, 9.17) is 4.74 Å². The molecule has 2 N–H and O–H groups in total. The molecule has 0 aliphatic carbocycles. The molecule has 230 valence electrons. The fraction of sp³-hybridized carbons (Fsp3) is 0.333. The van der Waals surface area contributed by atoms with E-state index in [2.05, 4.69) is 20.6 Å². The average molecular weight is 603 g/mol. The van der Waals surface area contributed by atoms with Gasteiger partial charge in [0.05, 0.1) is 12.0 Å². The number of anilines is 1. The number of rotatable bonds is 7. The molecule has 0 saturated carbocycles. The van der Waals surface area contributed by atoms with E-state index in [-0.39, 0.29) is 24.7 Å². The van der Waals surface area contributed by atoms with Gasteiger partial charge in [0.1, 0.15) is 17.3 Å². The summed E-state index contributed by atoms with van der Waals surface area (Å²) in [6, 6.07) is 17.4.